The molecular formula is C72H45BF20O3S4. The minimum Gasteiger partial charge on any atom is -0.295 e. The third kappa shape index (κ3) is 14.1. The van der Waals surface area contributed by atoms with Crippen molar-refractivity contribution in [2.24, 2.45) is 0 Å². The SMILES string of the molecule is CCc1cc(Sc2ccc([S+](c3ccc(Sc4ccc(C(C)=O)c(CC)c4)cc3)c3ccc(Sc4ccc(C(C)=O)c(CC)c4)cc3)cc2)ccc1C(C)=O.Fc1c(F)c(F)c([B-](c2c(F)c(F)c(F)c(F)c2F)(c2c(F)c(F)c(F)c(F)c2F)c2c(F)c(F)c(F)c(F)c2F)c(F)c1F. The number of Topliss-reactive ketones (excluding diaryl/α,β-unsaturated/α-hetero) is 3. The second-order valence-corrected chi connectivity index (χ2v) is 27.5. The summed E-state index contributed by atoms with van der Waals surface area (Å²) in [6, 6.07) is 45.1. The molecule has 518 valence electrons. The van der Waals surface area contributed by atoms with Crippen LogP contribution < -0.4 is 21.9 Å². The molecule has 0 N–H and O–H groups in total. The summed E-state index contributed by atoms with van der Waals surface area (Å²) in [6.07, 6.45) is -4.77. The summed E-state index contributed by atoms with van der Waals surface area (Å²) in [7, 11) is -0.359. The van der Waals surface area contributed by atoms with Gasteiger partial charge in [0.1, 0.15) is 52.7 Å². The molecule has 0 aliphatic heterocycles. The van der Waals surface area contributed by atoms with Crippen molar-refractivity contribution >= 4 is 91.5 Å². The molecule has 0 amide bonds. The first kappa shape index (κ1) is 75.5. The van der Waals surface area contributed by atoms with Crippen LogP contribution in [0.3, 0.4) is 0 Å². The second kappa shape index (κ2) is 30.6. The minimum absolute atomic E-state index is 0.103. The Morgan fingerprint density at radius 3 is 0.610 bits per heavy atom. The second-order valence-electron chi connectivity index (χ2n) is 22.0. The first-order valence-corrected chi connectivity index (χ1v) is 33.2. The first-order chi connectivity index (χ1) is 47.3. The van der Waals surface area contributed by atoms with Crippen LogP contribution >= 0.6 is 35.3 Å². The number of hydrogen-bond acceptors (Lipinski definition) is 6. The van der Waals surface area contributed by atoms with Gasteiger partial charge in [0, 0.05) is 46.1 Å². The van der Waals surface area contributed by atoms with Crippen molar-refractivity contribution in [3.63, 3.8) is 0 Å². The molecule has 10 rings (SSSR count). The maximum atomic E-state index is 15.4. The summed E-state index contributed by atoms with van der Waals surface area (Å²) < 4.78 is 294. The van der Waals surface area contributed by atoms with E-state index in [1.165, 1.54) is 14.7 Å². The molecule has 0 unspecified atom stereocenters. The highest BCUT2D eigenvalue weighted by molar-refractivity contribution is 8.00. The van der Waals surface area contributed by atoms with E-state index < -0.39 is 144 Å². The van der Waals surface area contributed by atoms with Crippen molar-refractivity contribution in [1.82, 2.24) is 0 Å². The van der Waals surface area contributed by atoms with Gasteiger partial charge in [-0.2, -0.15) is 0 Å². The average Bonchev–Trinajstić information content (AvgIpc) is 0.681. The first-order valence-electron chi connectivity index (χ1n) is 29.5. The van der Waals surface area contributed by atoms with Gasteiger partial charge in [-0.25, -0.2) is 87.8 Å². The number of carbonyl (C=O) groups excluding carboxylic acids is 3. The Morgan fingerprint density at radius 2 is 0.440 bits per heavy atom. The van der Waals surface area contributed by atoms with Crippen LogP contribution in [0.2, 0.25) is 0 Å². The molecule has 0 aromatic heterocycles. The largest absolute Gasteiger partial charge is 0.295 e. The van der Waals surface area contributed by atoms with E-state index in [-0.39, 0.29) is 28.2 Å². The normalized spacial score (nSPS) is 11.6. The zero-order valence-corrected chi connectivity index (χ0v) is 55.5. The number of benzene rings is 10. The van der Waals surface area contributed by atoms with Gasteiger partial charge in [0.2, 0.25) is 0 Å². The van der Waals surface area contributed by atoms with E-state index >= 15 is 35.1 Å². The van der Waals surface area contributed by atoms with Gasteiger partial charge in [-0.15, -0.1) is 21.9 Å². The Kier molecular flexibility index (Phi) is 23.1. The summed E-state index contributed by atoms with van der Waals surface area (Å²) in [5.41, 5.74) is -8.69. The van der Waals surface area contributed by atoms with E-state index in [0.717, 1.165) is 82.0 Å². The Balaban J connectivity index is 0.000000238. The molecule has 0 saturated heterocycles. The predicted molar refractivity (Wildman–Crippen MR) is 341 cm³/mol. The van der Waals surface area contributed by atoms with Crippen molar-refractivity contribution in [3.8, 4) is 0 Å². The third-order valence-electron chi connectivity index (χ3n) is 16.1. The van der Waals surface area contributed by atoms with E-state index in [4.69, 9.17) is 0 Å². The van der Waals surface area contributed by atoms with E-state index in [2.05, 4.69) is 112 Å². The highest BCUT2D eigenvalue weighted by atomic mass is 32.2. The van der Waals surface area contributed by atoms with E-state index in [9.17, 15) is 67.1 Å². The summed E-state index contributed by atoms with van der Waals surface area (Å²) in [5, 5.41) is 0. The van der Waals surface area contributed by atoms with Gasteiger partial charge in [-0.05, 0) is 166 Å². The number of carbonyl (C=O) groups is 3. The van der Waals surface area contributed by atoms with Crippen molar-refractivity contribution in [3.05, 3.63) is 277 Å². The van der Waals surface area contributed by atoms with Crippen molar-refractivity contribution < 1.29 is 102 Å². The summed E-state index contributed by atoms with van der Waals surface area (Å²) in [6.45, 7) is 11.2. The lowest BCUT2D eigenvalue weighted by molar-refractivity contribution is 0.100. The smallest absolute Gasteiger partial charge is 0.200 e. The molecule has 10 aromatic rings. The molecule has 0 aliphatic rings. The zero-order chi connectivity index (χ0) is 73.4. The monoisotopic (exact) mass is 1480 g/mol. The molecule has 0 atom stereocenters. The summed E-state index contributed by atoms with van der Waals surface area (Å²) in [4.78, 5) is 46.8. The van der Waals surface area contributed by atoms with Crippen LogP contribution in [-0.4, -0.2) is 23.5 Å². The molecule has 28 heteroatoms. The summed E-state index contributed by atoms with van der Waals surface area (Å²) in [5.74, 6) is -71.1. The van der Waals surface area contributed by atoms with Gasteiger partial charge >= 0.3 is 0 Å². The van der Waals surface area contributed by atoms with Crippen LogP contribution in [0.25, 0.3) is 0 Å². The Morgan fingerprint density at radius 1 is 0.270 bits per heavy atom. The topological polar surface area (TPSA) is 51.2 Å². The molecule has 0 bridgehead atoms. The quantitative estimate of drug-likeness (QED) is 0.0201. The number of aryl methyl sites for hydroxylation is 3. The fraction of sp³-hybridized carbons (Fsp3) is 0.125. The maximum absolute atomic E-state index is 15.4. The van der Waals surface area contributed by atoms with Crippen LogP contribution in [0, 0.1) is 116 Å². The zero-order valence-electron chi connectivity index (χ0n) is 52.2. The predicted octanol–water partition coefficient (Wildman–Crippen LogP) is 19.4. The van der Waals surface area contributed by atoms with Crippen LogP contribution in [-0.2, 0) is 30.2 Å². The number of ketones is 3. The molecule has 0 fully saturated rings. The fourth-order valence-corrected chi connectivity index (χ4v) is 16.1. The highest BCUT2D eigenvalue weighted by Gasteiger charge is 2.52. The minimum atomic E-state index is -7.22. The van der Waals surface area contributed by atoms with Gasteiger partial charge < -0.3 is 0 Å². The Bertz CT molecular complexity index is 4280. The van der Waals surface area contributed by atoms with Gasteiger partial charge in [0.25, 0.3) is 0 Å². The summed E-state index contributed by atoms with van der Waals surface area (Å²) >= 11 is 5.14. The van der Waals surface area contributed by atoms with Gasteiger partial charge in [-0.3, -0.25) is 14.4 Å². The lowest BCUT2D eigenvalue weighted by Gasteiger charge is -2.44. The number of halogens is 20. The van der Waals surface area contributed by atoms with Crippen molar-refractivity contribution in [1.29, 1.82) is 0 Å². The van der Waals surface area contributed by atoms with Crippen molar-refractivity contribution in [2.75, 3.05) is 0 Å². The number of hydrogen-bond donors (Lipinski definition) is 0. The molecule has 0 heterocycles. The molecule has 0 radical (unpaired) electrons. The van der Waals surface area contributed by atoms with Gasteiger partial charge in [0.15, 0.2) is 102 Å². The average molecular weight is 1480 g/mol. The van der Waals surface area contributed by atoms with Crippen LogP contribution in [0.15, 0.2) is 171 Å². The van der Waals surface area contributed by atoms with Crippen LogP contribution in [0.5, 0.6) is 0 Å². The van der Waals surface area contributed by atoms with E-state index in [1.54, 1.807) is 56.1 Å². The molecule has 0 aliphatic carbocycles. The lowest BCUT2D eigenvalue weighted by Crippen LogP contribution is -2.81. The standard InChI is InChI=1S/C48H45O3S4.C24BF20/c1-7-34-28-40(16-25-46(34)31(4)49)52-37-10-19-43(20-11-37)55(44-21-12-38(13-22-44)53-41-17-26-47(32(5)50)35(8-2)29-41)45-23-14-39(15-24-45)54-42-18-27-48(33(6)51)36(9-3)30-42;26-5-1(6(27)14(35)21(42)13(5)34)25(2-7(28)15(36)22(43)16(37)8(2)29,3-9(30)17(38)23(44)18(39)10(3)31)4-11(32)19(40)24(45)20(41)12(4)33/h10-30H,7-9H2,1-6H3;/q+1;-1. The van der Waals surface area contributed by atoms with Crippen molar-refractivity contribution in [2.45, 2.75) is 105 Å². The molecule has 0 spiro atoms. The fourth-order valence-electron chi connectivity index (χ4n) is 11.4. The molecule has 100 heavy (non-hydrogen) atoms. The van der Waals surface area contributed by atoms with Gasteiger partial charge in [-0.1, -0.05) is 74.3 Å². The van der Waals surface area contributed by atoms with E-state index in [0.29, 0.717) is 0 Å². The maximum Gasteiger partial charge on any atom is 0.200 e. The van der Waals surface area contributed by atoms with Crippen LogP contribution in [0.4, 0.5) is 87.8 Å². The molecule has 3 nitrogen and oxygen atoms in total. The Hall–Kier alpha value is -8.73. The lowest BCUT2D eigenvalue weighted by atomic mass is 9.12. The van der Waals surface area contributed by atoms with Crippen LogP contribution in [0.1, 0.15) is 89.3 Å². The molecule has 0 saturated carbocycles. The van der Waals surface area contributed by atoms with Gasteiger partial charge in [0.05, 0.1) is 10.9 Å². The molecule has 10 aromatic carbocycles. The van der Waals surface area contributed by atoms with E-state index in [1.807, 2.05) is 36.4 Å². The third-order valence-corrected chi connectivity index (χ3v) is 21.3. The number of rotatable bonds is 19. The highest BCUT2D eigenvalue weighted by Crippen LogP contribution is 2.40. The Labute approximate surface area is 572 Å². The molecular weight excluding hydrogens is 1430 g/mol.